The molecule has 4 amide bonds. The number of rotatable bonds is 12. The minimum Gasteiger partial charge on any atom is -0.451 e. The van der Waals surface area contributed by atoms with Gasteiger partial charge in [0.25, 0.3) is 5.56 Å². The summed E-state index contributed by atoms with van der Waals surface area (Å²) in [7, 11) is 2.30. The first kappa shape index (κ1) is 49.1. The number of benzene rings is 3. The summed E-state index contributed by atoms with van der Waals surface area (Å²) in [4.78, 5) is 63.5. The van der Waals surface area contributed by atoms with Crippen molar-refractivity contribution in [1.29, 1.82) is 5.26 Å². The SMILES string of the molecule is CCN(C)S(=O)(=O)Nc1ccc(F)c(Oc2ccc3ncn(C4COC5(CCN(C(=O)CC6(O)CCN(c7cc8c(cc7F)c(N7CCC(=O)NC7=O)nn8C)CC6)CC5)C4)c(=O)c3c2N(C)C)c1C#N. The summed E-state index contributed by atoms with van der Waals surface area (Å²) in [5.41, 5.74) is -1.47. The lowest BCUT2D eigenvalue weighted by Gasteiger charge is -2.42. The lowest BCUT2D eigenvalue weighted by molar-refractivity contribution is -0.142. The standard InChI is InChI=1S/C47H54F2N12O9S/c1-6-56(4)71(67,68)54-33-8-7-31(48)42(30(33)25-50)70-37-10-9-34-40(41(37)55(2)3)44(64)61(27-51-34)28-23-47(69-26-28)14-19-59(20-15-47)39(63)24-46(66)12-17-58(18-13-46)36-22-35-29(21-32(36)49)43(53-57(35)5)60-16-11-38(62)52-45(60)65/h7-10,21-22,27-28,54,66H,6,11-20,23-24,26H2,1-5H3,(H,52,62,65). The van der Waals surface area contributed by atoms with Crippen LogP contribution >= 0.6 is 0 Å². The summed E-state index contributed by atoms with van der Waals surface area (Å²) in [6.07, 6.45) is 3.34. The van der Waals surface area contributed by atoms with E-state index in [-0.39, 0.29) is 98.6 Å². The number of nitrogens with zero attached hydrogens (tertiary/aromatic N) is 10. The Balaban J connectivity index is 0.845. The maximum atomic E-state index is 15.8. The minimum absolute atomic E-state index is 0.0188. The number of aryl methyl sites for hydroxylation is 1. The number of nitrogens with one attached hydrogen (secondary N) is 2. The van der Waals surface area contributed by atoms with E-state index in [4.69, 9.17) is 9.47 Å². The summed E-state index contributed by atoms with van der Waals surface area (Å²) in [6, 6.07) is 8.95. The number of amides is 4. The lowest BCUT2D eigenvalue weighted by Crippen LogP contribution is -2.51. The molecular formula is C47H54F2N12O9S. The smallest absolute Gasteiger partial charge is 0.329 e. The zero-order valence-corrected chi connectivity index (χ0v) is 40.7. The first-order valence-corrected chi connectivity index (χ1v) is 24.7. The van der Waals surface area contributed by atoms with Gasteiger partial charge in [0, 0.05) is 79.3 Å². The summed E-state index contributed by atoms with van der Waals surface area (Å²) in [6.45, 7) is 3.41. The van der Waals surface area contributed by atoms with Crippen molar-refractivity contribution in [3.63, 3.8) is 0 Å². The molecule has 4 aliphatic rings. The number of piperidine rings is 2. The van der Waals surface area contributed by atoms with Gasteiger partial charge in [-0.05, 0) is 68.5 Å². The van der Waals surface area contributed by atoms with Crippen LogP contribution in [0.2, 0.25) is 0 Å². The maximum absolute atomic E-state index is 15.8. The van der Waals surface area contributed by atoms with Crippen molar-refractivity contribution in [3.05, 3.63) is 70.3 Å². The fraction of sp³-hybridized carbons (Fsp3) is 0.468. The van der Waals surface area contributed by atoms with Crippen LogP contribution in [0.15, 0.2) is 47.5 Å². The third-order valence-electron chi connectivity index (χ3n) is 14.2. The molecule has 376 valence electrons. The predicted octanol–water partition coefficient (Wildman–Crippen LogP) is 4.09. The number of fused-ring (bicyclic) bond motifs is 2. The average molecular weight is 1000 g/mol. The van der Waals surface area contributed by atoms with Crippen molar-refractivity contribution in [3.8, 4) is 17.6 Å². The summed E-state index contributed by atoms with van der Waals surface area (Å²) >= 11 is 0. The van der Waals surface area contributed by atoms with Gasteiger partial charge < -0.3 is 29.3 Å². The molecule has 6 heterocycles. The van der Waals surface area contributed by atoms with Crippen LogP contribution in [0, 0.1) is 23.0 Å². The van der Waals surface area contributed by atoms with Gasteiger partial charge in [-0.3, -0.25) is 38.6 Å². The number of halogens is 2. The number of likely N-dealkylation sites (tertiary alicyclic amines) is 1. The molecular weight excluding hydrogens is 947 g/mol. The zero-order valence-electron chi connectivity index (χ0n) is 39.9. The van der Waals surface area contributed by atoms with Gasteiger partial charge >= 0.3 is 16.2 Å². The second-order valence-corrected chi connectivity index (χ2v) is 20.6. The van der Waals surface area contributed by atoms with Gasteiger partial charge in [0.1, 0.15) is 17.4 Å². The molecule has 24 heteroatoms. The highest BCUT2D eigenvalue weighted by Gasteiger charge is 2.46. The van der Waals surface area contributed by atoms with Crippen molar-refractivity contribution in [2.45, 2.75) is 69.1 Å². The van der Waals surface area contributed by atoms with Gasteiger partial charge in [-0.1, -0.05) is 6.92 Å². The third-order valence-corrected chi connectivity index (χ3v) is 15.8. The van der Waals surface area contributed by atoms with Crippen LogP contribution in [0.3, 0.4) is 0 Å². The van der Waals surface area contributed by atoms with E-state index in [1.807, 2.05) is 11.0 Å². The van der Waals surface area contributed by atoms with Crippen LogP contribution in [0.1, 0.15) is 63.5 Å². The van der Waals surface area contributed by atoms with E-state index in [0.29, 0.717) is 54.5 Å². The van der Waals surface area contributed by atoms with E-state index in [2.05, 4.69) is 20.1 Å². The Labute approximate surface area is 407 Å². The number of hydrogen-bond donors (Lipinski definition) is 3. The van der Waals surface area contributed by atoms with Crippen LogP contribution in [0.25, 0.3) is 21.8 Å². The Kier molecular flexibility index (Phi) is 12.9. The average Bonchev–Trinajstić information content (AvgIpc) is 3.88. The summed E-state index contributed by atoms with van der Waals surface area (Å²) in [5, 5.41) is 29.1. The first-order valence-electron chi connectivity index (χ1n) is 23.3. The Morgan fingerprint density at radius 2 is 1.77 bits per heavy atom. The number of aromatic nitrogens is 4. The van der Waals surface area contributed by atoms with Gasteiger partial charge in [-0.25, -0.2) is 18.6 Å². The zero-order chi connectivity index (χ0) is 50.7. The molecule has 3 N–H and O–H groups in total. The van der Waals surface area contributed by atoms with Crippen molar-refractivity contribution < 1.29 is 46.2 Å². The number of carbonyl (C=O) groups is 3. The van der Waals surface area contributed by atoms with Gasteiger partial charge in [0.2, 0.25) is 11.8 Å². The number of hydrogen-bond acceptors (Lipinski definition) is 14. The van der Waals surface area contributed by atoms with Crippen LogP contribution in [0.4, 0.5) is 36.5 Å². The Hall–Kier alpha value is -6.94. The van der Waals surface area contributed by atoms with Crippen molar-refractivity contribution in [1.82, 2.24) is 33.9 Å². The predicted molar refractivity (Wildman–Crippen MR) is 258 cm³/mol. The molecule has 3 aromatic carbocycles. The molecule has 4 fully saturated rings. The molecule has 5 aromatic rings. The highest BCUT2D eigenvalue weighted by Crippen LogP contribution is 2.43. The molecule has 2 aromatic heterocycles. The molecule has 9 rings (SSSR count). The Bertz CT molecular complexity index is 3200. The van der Waals surface area contributed by atoms with Crippen LogP contribution in [-0.4, -0.2) is 138 Å². The van der Waals surface area contributed by atoms with Crippen molar-refractivity contribution in [2.75, 3.05) is 86.4 Å². The Morgan fingerprint density at radius 1 is 1.04 bits per heavy atom. The summed E-state index contributed by atoms with van der Waals surface area (Å²) in [5.74, 6) is -2.32. The molecule has 4 saturated heterocycles. The molecule has 71 heavy (non-hydrogen) atoms. The van der Waals surface area contributed by atoms with Gasteiger partial charge in [0.05, 0.1) is 70.1 Å². The molecule has 0 aliphatic carbocycles. The monoisotopic (exact) mass is 1000 g/mol. The van der Waals surface area contributed by atoms with E-state index in [9.17, 15) is 38.0 Å². The Morgan fingerprint density at radius 3 is 2.45 bits per heavy atom. The third kappa shape index (κ3) is 9.18. The van der Waals surface area contributed by atoms with Crippen LogP contribution in [-0.2, 0) is 31.6 Å². The van der Waals surface area contributed by atoms with Gasteiger partial charge in [0.15, 0.2) is 23.1 Å². The highest BCUT2D eigenvalue weighted by atomic mass is 32.2. The maximum Gasteiger partial charge on any atom is 0.329 e. The van der Waals surface area contributed by atoms with Gasteiger partial charge in [-0.2, -0.15) is 23.1 Å². The molecule has 0 bridgehead atoms. The summed E-state index contributed by atoms with van der Waals surface area (Å²) < 4.78 is 75.8. The molecule has 0 saturated carbocycles. The van der Waals surface area contributed by atoms with Crippen molar-refractivity contribution in [2.24, 2.45) is 7.05 Å². The lowest BCUT2D eigenvalue weighted by atomic mass is 9.85. The number of urea groups is 1. The normalized spacial score (nSPS) is 19.2. The quantitative estimate of drug-likeness (QED) is 0.160. The first-order chi connectivity index (χ1) is 33.7. The van der Waals surface area contributed by atoms with E-state index in [1.165, 1.54) is 35.0 Å². The molecule has 21 nitrogen and oxygen atoms in total. The number of nitriles is 1. The number of imide groups is 1. The highest BCUT2D eigenvalue weighted by molar-refractivity contribution is 7.90. The van der Waals surface area contributed by atoms with E-state index < -0.39 is 62.0 Å². The number of ether oxygens (including phenoxy) is 2. The molecule has 1 spiro atoms. The molecule has 1 atom stereocenters. The molecule has 0 radical (unpaired) electrons. The fourth-order valence-electron chi connectivity index (χ4n) is 10.0. The van der Waals surface area contributed by atoms with Crippen LogP contribution in [0.5, 0.6) is 11.5 Å². The second-order valence-electron chi connectivity index (χ2n) is 18.8. The largest absolute Gasteiger partial charge is 0.451 e. The van der Waals surface area contributed by atoms with E-state index in [1.54, 1.807) is 54.7 Å². The van der Waals surface area contributed by atoms with E-state index >= 15 is 8.78 Å². The van der Waals surface area contributed by atoms with Crippen LogP contribution < -0.4 is 35.0 Å². The second kappa shape index (κ2) is 18.7. The van der Waals surface area contributed by atoms with Crippen molar-refractivity contribution >= 4 is 72.7 Å². The molecule has 1 unspecified atom stereocenters. The van der Waals surface area contributed by atoms with Gasteiger partial charge in [-0.15, -0.1) is 0 Å². The fourth-order valence-corrected chi connectivity index (χ4v) is 11.0. The number of aliphatic hydroxyl groups is 1. The number of anilines is 4. The number of carbonyl (C=O) groups excluding carboxylic acids is 3. The topological polar surface area (TPSA) is 241 Å². The molecule has 4 aliphatic heterocycles. The minimum atomic E-state index is -4.08. The van der Waals surface area contributed by atoms with E-state index in [0.717, 1.165) is 16.4 Å².